The molecule has 2 aromatic carbocycles. The van der Waals surface area contributed by atoms with Gasteiger partial charge in [0.05, 0.1) is 11.6 Å². The number of methoxy groups -OCH3 is 1. The molecule has 3 aromatic rings. The molecule has 1 aromatic heterocycles. The minimum Gasteiger partial charge on any atom is -0.496 e. The fourth-order valence-corrected chi connectivity index (χ4v) is 5.02. The highest BCUT2D eigenvalue weighted by Crippen LogP contribution is 2.41. The van der Waals surface area contributed by atoms with Gasteiger partial charge in [0, 0.05) is 23.9 Å². The molecule has 4 rings (SSSR count). The first kappa shape index (κ1) is 17.4. The van der Waals surface area contributed by atoms with Crippen molar-refractivity contribution in [1.29, 1.82) is 0 Å². The van der Waals surface area contributed by atoms with Crippen molar-refractivity contribution in [2.24, 2.45) is 0 Å². The number of hydrogen-bond acceptors (Lipinski definition) is 4. The highest BCUT2D eigenvalue weighted by atomic mass is 79.9. The molecule has 4 nitrogen and oxygen atoms in total. The molecule has 1 aliphatic rings. The zero-order valence-corrected chi connectivity index (χ0v) is 16.6. The van der Waals surface area contributed by atoms with E-state index in [1.54, 1.807) is 25.1 Å². The molecule has 0 aliphatic carbocycles. The Labute approximate surface area is 164 Å². The summed E-state index contributed by atoms with van der Waals surface area (Å²) < 4.78 is 6.20. The maximum absolute atomic E-state index is 13.3. The lowest BCUT2D eigenvalue weighted by Crippen LogP contribution is -2.31. The van der Waals surface area contributed by atoms with Crippen molar-refractivity contribution in [2.75, 3.05) is 19.4 Å². The lowest BCUT2D eigenvalue weighted by atomic mass is 10.1. The average molecular weight is 429 g/mol. The summed E-state index contributed by atoms with van der Waals surface area (Å²) in [6, 6.07) is 15.8. The molecule has 6 heteroatoms. The van der Waals surface area contributed by atoms with E-state index < -0.39 is 0 Å². The molecule has 1 aliphatic heterocycles. The number of carbonyl (C=O) groups is 1. The molecule has 0 radical (unpaired) electrons. The van der Waals surface area contributed by atoms with E-state index in [4.69, 9.17) is 4.74 Å². The summed E-state index contributed by atoms with van der Waals surface area (Å²) in [5.41, 5.74) is 1.59. The average Bonchev–Trinajstić information content (AvgIpc) is 3.16. The van der Waals surface area contributed by atoms with Crippen LogP contribution in [0.1, 0.15) is 21.4 Å². The van der Waals surface area contributed by atoms with E-state index in [-0.39, 0.29) is 11.3 Å². The van der Waals surface area contributed by atoms with Crippen LogP contribution in [0.15, 0.2) is 59.2 Å². The predicted molar refractivity (Wildman–Crippen MR) is 109 cm³/mol. The van der Waals surface area contributed by atoms with Gasteiger partial charge in [-0.3, -0.25) is 9.78 Å². The number of thioether (sulfide) groups is 1. The Kier molecular flexibility index (Phi) is 4.87. The number of fused-ring (bicyclic) bond motifs is 1. The van der Waals surface area contributed by atoms with E-state index >= 15 is 0 Å². The van der Waals surface area contributed by atoms with E-state index in [1.807, 2.05) is 53.4 Å². The summed E-state index contributed by atoms with van der Waals surface area (Å²) in [7, 11) is 1.64. The molecule has 26 heavy (non-hydrogen) atoms. The van der Waals surface area contributed by atoms with Crippen molar-refractivity contribution in [1.82, 2.24) is 9.88 Å². The van der Waals surface area contributed by atoms with Gasteiger partial charge in [0.1, 0.15) is 16.8 Å². The number of pyridine rings is 1. The summed E-state index contributed by atoms with van der Waals surface area (Å²) in [4.78, 5) is 19.6. The van der Waals surface area contributed by atoms with E-state index in [1.165, 1.54) is 0 Å². The Hall–Kier alpha value is -2.05. The zero-order valence-electron chi connectivity index (χ0n) is 14.2. The Bertz CT molecular complexity index is 974. The van der Waals surface area contributed by atoms with Crippen LogP contribution in [-0.4, -0.2) is 35.2 Å². The number of aromatic nitrogens is 1. The lowest BCUT2D eigenvalue weighted by Gasteiger charge is -2.24. The third kappa shape index (κ3) is 3.08. The molecular formula is C20H17BrN2O2S. The molecule has 0 saturated carbocycles. The first-order chi connectivity index (χ1) is 12.7. The summed E-state index contributed by atoms with van der Waals surface area (Å²) in [5, 5.41) is 1.90. The van der Waals surface area contributed by atoms with Crippen LogP contribution in [-0.2, 0) is 0 Å². The predicted octanol–water partition coefficient (Wildman–Crippen LogP) is 4.89. The number of ether oxygens (including phenoxy) is 1. The first-order valence-corrected chi connectivity index (χ1v) is 10.1. The number of rotatable bonds is 3. The largest absolute Gasteiger partial charge is 0.496 e. The fraction of sp³-hybridized carbons (Fsp3) is 0.200. The third-order valence-corrected chi connectivity index (χ3v) is 6.37. The summed E-state index contributed by atoms with van der Waals surface area (Å²) >= 11 is 5.31. The van der Waals surface area contributed by atoms with Crippen molar-refractivity contribution < 1.29 is 9.53 Å². The molecule has 1 unspecified atom stereocenters. The number of benzene rings is 2. The summed E-state index contributed by atoms with van der Waals surface area (Å²) in [6.07, 6.45) is 1.71. The van der Waals surface area contributed by atoms with Gasteiger partial charge in [0.15, 0.2) is 0 Å². The van der Waals surface area contributed by atoms with Crippen LogP contribution in [0.5, 0.6) is 5.75 Å². The summed E-state index contributed by atoms with van der Waals surface area (Å²) in [5.74, 6) is 1.67. The minimum atomic E-state index is -0.0243. The summed E-state index contributed by atoms with van der Waals surface area (Å²) in [6.45, 7) is 0.711. The first-order valence-electron chi connectivity index (χ1n) is 8.29. The second-order valence-electron chi connectivity index (χ2n) is 6.00. The molecule has 2 heterocycles. The number of nitrogens with zero attached hydrogens (tertiary/aromatic N) is 2. The van der Waals surface area contributed by atoms with Crippen LogP contribution in [0.4, 0.5) is 0 Å². The molecular weight excluding hydrogens is 412 g/mol. The van der Waals surface area contributed by atoms with Gasteiger partial charge in [-0.1, -0.05) is 30.3 Å². The van der Waals surface area contributed by atoms with E-state index in [0.29, 0.717) is 12.2 Å². The Morgan fingerprint density at radius 1 is 1.27 bits per heavy atom. The van der Waals surface area contributed by atoms with Crippen molar-refractivity contribution in [2.45, 2.75) is 5.37 Å². The quantitative estimate of drug-likeness (QED) is 0.595. The second kappa shape index (κ2) is 7.29. The van der Waals surface area contributed by atoms with Gasteiger partial charge in [-0.15, -0.1) is 11.8 Å². The van der Waals surface area contributed by atoms with Gasteiger partial charge in [0.2, 0.25) is 0 Å². The van der Waals surface area contributed by atoms with Crippen LogP contribution >= 0.6 is 27.7 Å². The number of hydrogen-bond donors (Lipinski definition) is 0. The van der Waals surface area contributed by atoms with Crippen LogP contribution in [0.25, 0.3) is 10.8 Å². The van der Waals surface area contributed by atoms with Gasteiger partial charge >= 0.3 is 0 Å². The lowest BCUT2D eigenvalue weighted by molar-refractivity contribution is 0.0756. The Morgan fingerprint density at radius 2 is 2.12 bits per heavy atom. The molecule has 132 valence electrons. The van der Waals surface area contributed by atoms with E-state index in [9.17, 15) is 4.79 Å². The highest BCUT2D eigenvalue weighted by Gasteiger charge is 2.32. The third-order valence-electron chi connectivity index (χ3n) is 4.49. The normalized spacial score (nSPS) is 16.8. The smallest absolute Gasteiger partial charge is 0.274 e. The van der Waals surface area contributed by atoms with E-state index in [0.717, 1.165) is 32.3 Å². The maximum atomic E-state index is 13.3. The molecule has 0 bridgehead atoms. The van der Waals surface area contributed by atoms with Gasteiger partial charge in [-0.2, -0.15) is 0 Å². The molecule has 0 spiro atoms. The van der Waals surface area contributed by atoms with Crippen molar-refractivity contribution in [3.8, 4) is 5.75 Å². The highest BCUT2D eigenvalue weighted by molar-refractivity contribution is 9.10. The number of halogens is 1. The standard InChI is InChI=1S/C20H17BrN2O2S/c1-25-17-7-6-14(12-16(17)21)20-23(10-11-26-20)19(24)18-15-5-3-2-4-13(15)8-9-22-18/h2-9,12,20H,10-11H2,1H3. The minimum absolute atomic E-state index is 0.0227. The van der Waals surface area contributed by atoms with Crippen LogP contribution in [0.2, 0.25) is 0 Å². The fourth-order valence-electron chi connectivity index (χ4n) is 3.22. The molecule has 1 amide bonds. The molecule has 0 N–H and O–H groups in total. The topological polar surface area (TPSA) is 42.4 Å². The Balaban J connectivity index is 1.70. The monoisotopic (exact) mass is 428 g/mol. The second-order valence-corrected chi connectivity index (χ2v) is 8.04. The van der Waals surface area contributed by atoms with Crippen molar-refractivity contribution in [3.05, 3.63) is 70.5 Å². The SMILES string of the molecule is COc1ccc(C2SCCN2C(=O)c2nccc3ccccc23)cc1Br. The van der Waals surface area contributed by atoms with Crippen molar-refractivity contribution >= 4 is 44.4 Å². The Morgan fingerprint density at radius 3 is 2.92 bits per heavy atom. The number of amides is 1. The maximum Gasteiger partial charge on any atom is 0.274 e. The van der Waals surface area contributed by atoms with Crippen molar-refractivity contribution in [3.63, 3.8) is 0 Å². The number of carbonyl (C=O) groups excluding carboxylic acids is 1. The van der Waals surface area contributed by atoms with Gasteiger partial charge in [-0.25, -0.2) is 0 Å². The van der Waals surface area contributed by atoms with Gasteiger partial charge < -0.3 is 9.64 Å². The van der Waals surface area contributed by atoms with Crippen LogP contribution < -0.4 is 4.74 Å². The van der Waals surface area contributed by atoms with E-state index in [2.05, 4.69) is 20.9 Å². The van der Waals surface area contributed by atoms with Crippen LogP contribution in [0, 0.1) is 0 Å². The zero-order chi connectivity index (χ0) is 18.1. The molecule has 1 fully saturated rings. The van der Waals surface area contributed by atoms with Gasteiger partial charge in [0.25, 0.3) is 5.91 Å². The van der Waals surface area contributed by atoms with Gasteiger partial charge in [-0.05, 0) is 45.1 Å². The molecule has 1 atom stereocenters. The van der Waals surface area contributed by atoms with Crippen LogP contribution in [0.3, 0.4) is 0 Å². The molecule has 1 saturated heterocycles.